The zero-order valence-electron chi connectivity index (χ0n) is 9.19. The van der Waals surface area contributed by atoms with Gasteiger partial charge < -0.3 is 0 Å². The Morgan fingerprint density at radius 2 is 1.50 bits per heavy atom. The van der Waals surface area contributed by atoms with Gasteiger partial charge in [0.25, 0.3) is 0 Å². The van der Waals surface area contributed by atoms with Crippen molar-refractivity contribution in [3.63, 3.8) is 0 Å². The fourth-order valence-corrected chi connectivity index (χ4v) is 4.54. The first-order valence-electron chi connectivity index (χ1n) is 5.47. The maximum atomic E-state index is 2.50. The van der Waals surface area contributed by atoms with Crippen LogP contribution in [-0.4, -0.2) is 8.07 Å². The molecular formula is C11H24Si. The molecule has 0 heterocycles. The highest BCUT2D eigenvalue weighted by Gasteiger charge is 2.23. The lowest BCUT2D eigenvalue weighted by atomic mass is 9.84. The molecule has 0 nitrogen and oxygen atoms in total. The van der Waals surface area contributed by atoms with Crippen LogP contribution in [0.2, 0.25) is 25.7 Å². The van der Waals surface area contributed by atoms with Crippen LogP contribution >= 0.6 is 0 Å². The van der Waals surface area contributed by atoms with Crippen LogP contribution in [0.25, 0.3) is 0 Å². The van der Waals surface area contributed by atoms with Gasteiger partial charge in [-0.3, -0.25) is 0 Å². The van der Waals surface area contributed by atoms with Crippen molar-refractivity contribution < 1.29 is 0 Å². The van der Waals surface area contributed by atoms with Crippen molar-refractivity contribution in [2.75, 3.05) is 0 Å². The smallest absolute Gasteiger partial charge is 0.0445 e. The molecule has 1 rings (SSSR count). The van der Waals surface area contributed by atoms with E-state index < -0.39 is 8.07 Å². The van der Waals surface area contributed by atoms with Crippen LogP contribution in [0.3, 0.4) is 0 Å². The summed E-state index contributed by atoms with van der Waals surface area (Å²) in [4.78, 5) is 0. The fourth-order valence-electron chi connectivity index (χ4n) is 2.40. The summed E-state index contributed by atoms with van der Waals surface area (Å²) in [7, 11) is -0.767. The summed E-state index contributed by atoms with van der Waals surface area (Å²) in [6.07, 6.45) is 6.03. The Labute approximate surface area is 78.8 Å². The maximum absolute atomic E-state index is 2.50. The van der Waals surface area contributed by atoms with Gasteiger partial charge in [0.2, 0.25) is 0 Å². The van der Waals surface area contributed by atoms with Crippen LogP contribution in [0.4, 0.5) is 0 Å². The Morgan fingerprint density at radius 3 is 1.92 bits per heavy atom. The second kappa shape index (κ2) is 3.95. The second-order valence-electron chi connectivity index (χ2n) is 5.89. The van der Waals surface area contributed by atoms with E-state index in [1.54, 1.807) is 6.04 Å². The molecule has 0 unspecified atom stereocenters. The van der Waals surface area contributed by atoms with Crippen LogP contribution < -0.4 is 0 Å². The molecule has 1 heteroatoms. The Bertz CT molecular complexity index is 126. The van der Waals surface area contributed by atoms with E-state index in [2.05, 4.69) is 26.6 Å². The third-order valence-electron chi connectivity index (χ3n) is 3.04. The summed E-state index contributed by atoms with van der Waals surface area (Å²) in [5.41, 5.74) is 0. The Kier molecular flexibility index (Phi) is 3.39. The zero-order valence-corrected chi connectivity index (χ0v) is 10.2. The molecule has 0 atom stereocenters. The van der Waals surface area contributed by atoms with Gasteiger partial charge in [-0.05, 0) is 11.8 Å². The van der Waals surface area contributed by atoms with Gasteiger partial charge in [-0.25, -0.2) is 0 Å². The number of hydrogen-bond acceptors (Lipinski definition) is 0. The van der Waals surface area contributed by atoms with Gasteiger partial charge in [0.05, 0.1) is 0 Å². The number of rotatable bonds is 2. The maximum Gasteiger partial charge on any atom is 0.0445 e. The van der Waals surface area contributed by atoms with E-state index in [4.69, 9.17) is 0 Å². The summed E-state index contributed by atoms with van der Waals surface area (Å²) in [5.74, 6) is 2.11. The van der Waals surface area contributed by atoms with Gasteiger partial charge in [-0.15, -0.1) is 0 Å². The van der Waals surface area contributed by atoms with Crippen LogP contribution in [0, 0.1) is 11.8 Å². The molecule has 0 bridgehead atoms. The predicted octanol–water partition coefficient (Wildman–Crippen LogP) is 4.15. The Hall–Kier alpha value is 0.217. The molecule has 1 fully saturated rings. The molecule has 0 amide bonds. The van der Waals surface area contributed by atoms with Gasteiger partial charge >= 0.3 is 0 Å². The quantitative estimate of drug-likeness (QED) is 0.566. The van der Waals surface area contributed by atoms with Gasteiger partial charge in [-0.2, -0.15) is 0 Å². The summed E-state index contributed by atoms with van der Waals surface area (Å²) in [6.45, 7) is 9.92. The molecule has 0 aromatic rings. The van der Waals surface area contributed by atoms with Crippen molar-refractivity contribution in [2.24, 2.45) is 11.8 Å². The van der Waals surface area contributed by atoms with Crippen LogP contribution in [0.15, 0.2) is 0 Å². The average Bonchev–Trinajstić information content (AvgIpc) is 1.91. The lowest BCUT2D eigenvalue weighted by Crippen LogP contribution is -2.26. The predicted molar refractivity (Wildman–Crippen MR) is 59.3 cm³/mol. The highest BCUT2D eigenvalue weighted by atomic mass is 28.3. The first-order valence-corrected chi connectivity index (χ1v) is 9.18. The molecule has 0 aliphatic heterocycles. The van der Waals surface area contributed by atoms with E-state index in [9.17, 15) is 0 Å². The molecule has 0 radical (unpaired) electrons. The standard InChI is InChI=1S/C11H24Si/c1-10-5-7-11(8-6-10)9-12(2,3)4/h10-11H,5-9H2,1-4H3. The van der Waals surface area contributed by atoms with E-state index in [1.807, 2.05) is 0 Å². The van der Waals surface area contributed by atoms with Crippen molar-refractivity contribution in [1.82, 2.24) is 0 Å². The molecule has 0 saturated heterocycles. The minimum absolute atomic E-state index is 0.767. The highest BCUT2D eigenvalue weighted by Crippen LogP contribution is 2.33. The fraction of sp³-hybridized carbons (Fsp3) is 1.00. The zero-order chi connectivity index (χ0) is 9.19. The molecule has 1 saturated carbocycles. The van der Waals surface area contributed by atoms with Crippen LogP contribution in [0.1, 0.15) is 32.6 Å². The average molecular weight is 184 g/mol. The Morgan fingerprint density at radius 1 is 1.00 bits per heavy atom. The van der Waals surface area contributed by atoms with E-state index >= 15 is 0 Å². The lowest BCUT2D eigenvalue weighted by molar-refractivity contribution is 0.306. The van der Waals surface area contributed by atoms with Crippen molar-refractivity contribution in [3.8, 4) is 0 Å². The molecule has 0 aromatic heterocycles. The minimum Gasteiger partial charge on any atom is -0.0695 e. The van der Waals surface area contributed by atoms with Crippen molar-refractivity contribution in [3.05, 3.63) is 0 Å². The molecule has 72 valence electrons. The largest absolute Gasteiger partial charge is 0.0695 e. The third-order valence-corrected chi connectivity index (χ3v) is 4.84. The van der Waals surface area contributed by atoms with Crippen LogP contribution in [-0.2, 0) is 0 Å². The molecule has 12 heavy (non-hydrogen) atoms. The molecule has 1 aliphatic rings. The normalized spacial score (nSPS) is 32.0. The highest BCUT2D eigenvalue weighted by molar-refractivity contribution is 6.76. The summed E-state index contributed by atoms with van der Waals surface area (Å²) >= 11 is 0. The topological polar surface area (TPSA) is 0 Å². The molecule has 0 aromatic carbocycles. The molecule has 0 spiro atoms. The first kappa shape index (κ1) is 10.3. The van der Waals surface area contributed by atoms with Gasteiger partial charge in [-0.1, -0.05) is 58.3 Å². The van der Waals surface area contributed by atoms with Gasteiger partial charge in [0, 0.05) is 8.07 Å². The van der Waals surface area contributed by atoms with Gasteiger partial charge in [0.1, 0.15) is 0 Å². The SMILES string of the molecule is CC1CCC(C[Si](C)(C)C)CC1. The molecular weight excluding hydrogens is 160 g/mol. The molecule has 1 aliphatic carbocycles. The molecule has 0 N–H and O–H groups in total. The van der Waals surface area contributed by atoms with Gasteiger partial charge in [0.15, 0.2) is 0 Å². The first-order chi connectivity index (χ1) is 5.47. The van der Waals surface area contributed by atoms with Crippen LogP contribution in [0.5, 0.6) is 0 Å². The van der Waals surface area contributed by atoms with E-state index in [0.717, 1.165) is 11.8 Å². The van der Waals surface area contributed by atoms with Crippen molar-refractivity contribution in [1.29, 1.82) is 0 Å². The Balaban J connectivity index is 2.26. The third kappa shape index (κ3) is 3.75. The van der Waals surface area contributed by atoms with E-state index in [0.29, 0.717) is 0 Å². The van der Waals surface area contributed by atoms with E-state index in [1.165, 1.54) is 25.7 Å². The summed E-state index contributed by atoms with van der Waals surface area (Å²) in [5, 5.41) is 0. The summed E-state index contributed by atoms with van der Waals surface area (Å²) < 4.78 is 0. The second-order valence-corrected chi connectivity index (χ2v) is 11.4. The monoisotopic (exact) mass is 184 g/mol. The van der Waals surface area contributed by atoms with Crippen molar-refractivity contribution in [2.45, 2.75) is 58.3 Å². The van der Waals surface area contributed by atoms with E-state index in [-0.39, 0.29) is 0 Å². The van der Waals surface area contributed by atoms with Crippen molar-refractivity contribution >= 4 is 8.07 Å². The summed E-state index contributed by atoms with van der Waals surface area (Å²) in [6, 6.07) is 1.57. The lowest BCUT2D eigenvalue weighted by Gasteiger charge is -2.30. The number of hydrogen-bond donors (Lipinski definition) is 0. The minimum atomic E-state index is -0.767.